The molecule has 1 aromatic carbocycles. The van der Waals surface area contributed by atoms with Gasteiger partial charge in [-0.2, -0.15) is 0 Å². The standard InChI is InChI=1S/C21H26N6O2S/c1-14(2)12-30-20-23-15-8-5-6-9-16(15)26(20)10-7-11-27-19(28)17-18(22-13-24(17)3)25(4)21(27)29/h5-6,8-9,13-14H,7,10-12H2,1-4H3. The van der Waals surface area contributed by atoms with E-state index < -0.39 is 0 Å². The van der Waals surface area contributed by atoms with Crippen molar-refractivity contribution >= 4 is 34.0 Å². The Kier molecular flexibility index (Phi) is 5.55. The molecule has 0 aliphatic heterocycles. The lowest BCUT2D eigenvalue weighted by Gasteiger charge is -2.12. The summed E-state index contributed by atoms with van der Waals surface area (Å²) in [4.78, 5) is 34.6. The van der Waals surface area contributed by atoms with E-state index >= 15 is 0 Å². The molecule has 0 fully saturated rings. The Morgan fingerprint density at radius 3 is 2.57 bits per heavy atom. The van der Waals surface area contributed by atoms with Gasteiger partial charge in [0, 0.05) is 32.9 Å². The van der Waals surface area contributed by atoms with Crippen molar-refractivity contribution in [1.82, 2.24) is 28.2 Å². The molecule has 3 aromatic heterocycles. The second-order valence-corrected chi connectivity index (χ2v) is 8.91. The van der Waals surface area contributed by atoms with Crippen LogP contribution in [0.25, 0.3) is 22.2 Å². The fraction of sp³-hybridized carbons (Fsp3) is 0.429. The van der Waals surface area contributed by atoms with Crippen LogP contribution in [0, 0.1) is 5.92 Å². The van der Waals surface area contributed by atoms with Gasteiger partial charge in [-0.15, -0.1) is 0 Å². The van der Waals surface area contributed by atoms with Crippen molar-refractivity contribution in [3.05, 3.63) is 51.4 Å². The third-order valence-corrected chi connectivity index (χ3v) is 6.53. The summed E-state index contributed by atoms with van der Waals surface area (Å²) in [5.74, 6) is 1.55. The first kappa shape index (κ1) is 20.5. The highest BCUT2D eigenvalue weighted by molar-refractivity contribution is 7.99. The highest BCUT2D eigenvalue weighted by atomic mass is 32.2. The van der Waals surface area contributed by atoms with Crippen LogP contribution in [0.5, 0.6) is 0 Å². The van der Waals surface area contributed by atoms with Gasteiger partial charge in [0.1, 0.15) is 0 Å². The summed E-state index contributed by atoms with van der Waals surface area (Å²) in [6, 6.07) is 8.08. The molecule has 0 spiro atoms. The Morgan fingerprint density at radius 1 is 1.07 bits per heavy atom. The average molecular weight is 427 g/mol. The van der Waals surface area contributed by atoms with E-state index in [0.717, 1.165) is 21.9 Å². The molecule has 8 nitrogen and oxygen atoms in total. The fourth-order valence-corrected chi connectivity index (χ4v) is 4.59. The molecule has 4 aromatic rings. The van der Waals surface area contributed by atoms with Gasteiger partial charge in [0.2, 0.25) is 0 Å². The maximum absolute atomic E-state index is 12.9. The fourth-order valence-electron chi connectivity index (χ4n) is 3.60. The van der Waals surface area contributed by atoms with Gasteiger partial charge in [-0.1, -0.05) is 37.7 Å². The minimum Gasteiger partial charge on any atom is -0.328 e. The number of hydrogen-bond acceptors (Lipinski definition) is 5. The van der Waals surface area contributed by atoms with Gasteiger partial charge in [-0.05, 0) is 24.5 Å². The lowest BCUT2D eigenvalue weighted by Crippen LogP contribution is -2.39. The van der Waals surface area contributed by atoms with Crippen molar-refractivity contribution in [3.63, 3.8) is 0 Å². The van der Waals surface area contributed by atoms with E-state index in [-0.39, 0.29) is 11.2 Å². The molecule has 158 valence electrons. The van der Waals surface area contributed by atoms with Gasteiger partial charge in [-0.25, -0.2) is 14.8 Å². The molecule has 0 aliphatic carbocycles. The van der Waals surface area contributed by atoms with Crippen molar-refractivity contribution in [2.45, 2.75) is 38.5 Å². The van der Waals surface area contributed by atoms with E-state index in [0.29, 0.717) is 36.6 Å². The molecule has 3 heterocycles. The molecule has 0 aliphatic rings. The molecule has 0 saturated carbocycles. The number of aryl methyl sites for hydroxylation is 3. The Labute approximate surface area is 178 Å². The van der Waals surface area contributed by atoms with Crippen molar-refractivity contribution in [2.24, 2.45) is 20.0 Å². The van der Waals surface area contributed by atoms with Gasteiger partial charge in [0.25, 0.3) is 5.56 Å². The number of imidazole rings is 2. The molecule has 30 heavy (non-hydrogen) atoms. The Hall–Kier alpha value is -2.81. The summed E-state index contributed by atoms with van der Waals surface area (Å²) in [7, 11) is 3.42. The van der Waals surface area contributed by atoms with E-state index in [4.69, 9.17) is 4.98 Å². The van der Waals surface area contributed by atoms with E-state index in [9.17, 15) is 9.59 Å². The average Bonchev–Trinajstić information content (AvgIpc) is 3.28. The zero-order valence-corrected chi connectivity index (χ0v) is 18.5. The third-order valence-electron chi connectivity index (χ3n) is 5.13. The predicted molar refractivity (Wildman–Crippen MR) is 120 cm³/mol. The third kappa shape index (κ3) is 3.58. The molecule has 4 rings (SSSR count). The van der Waals surface area contributed by atoms with Gasteiger partial charge >= 0.3 is 5.69 Å². The topological polar surface area (TPSA) is 79.6 Å². The van der Waals surface area contributed by atoms with Crippen LogP contribution in [0.2, 0.25) is 0 Å². The van der Waals surface area contributed by atoms with Gasteiger partial charge in [-0.3, -0.25) is 13.9 Å². The minimum absolute atomic E-state index is 0.294. The van der Waals surface area contributed by atoms with Crippen molar-refractivity contribution in [1.29, 1.82) is 0 Å². The van der Waals surface area contributed by atoms with Crippen LogP contribution in [0.1, 0.15) is 20.3 Å². The maximum Gasteiger partial charge on any atom is 0.332 e. The smallest absolute Gasteiger partial charge is 0.328 e. The number of nitrogens with zero attached hydrogens (tertiary/aromatic N) is 6. The van der Waals surface area contributed by atoms with E-state index in [2.05, 4.69) is 29.5 Å². The summed E-state index contributed by atoms with van der Waals surface area (Å²) < 4.78 is 6.61. The highest BCUT2D eigenvalue weighted by Gasteiger charge is 2.16. The lowest BCUT2D eigenvalue weighted by atomic mass is 10.3. The largest absolute Gasteiger partial charge is 0.332 e. The van der Waals surface area contributed by atoms with E-state index in [1.807, 2.05) is 18.2 Å². The second-order valence-electron chi connectivity index (χ2n) is 7.92. The summed E-state index contributed by atoms with van der Waals surface area (Å²) in [5, 5.41) is 0.979. The van der Waals surface area contributed by atoms with Crippen LogP contribution in [0.4, 0.5) is 0 Å². The quantitative estimate of drug-likeness (QED) is 0.425. The van der Waals surface area contributed by atoms with Crippen LogP contribution in [0.15, 0.2) is 45.3 Å². The van der Waals surface area contributed by atoms with E-state index in [1.54, 1.807) is 36.8 Å². The van der Waals surface area contributed by atoms with Crippen molar-refractivity contribution in [2.75, 3.05) is 5.75 Å². The van der Waals surface area contributed by atoms with Crippen LogP contribution in [-0.2, 0) is 27.2 Å². The monoisotopic (exact) mass is 426 g/mol. The molecule has 0 atom stereocenters. The van der Waals surface area contributed by atoms with E-state index in [1.165, 1.54) is 9.13 Å². The maximum atomic E-state index is 12.9. The van der Waals surface area contributed by atoms with Crippen LogP contribution in [0.3, 0.4) is 0 Å². The lowest BCUT2D eigenvalue weighted by molar-refractivity contribution is 0.515. The molecular formula is C21H26N6O2S. The summed E-state index contributed by atoms with van der Waals surface area (Å²) >= 11 is 1.75. The zero-order valence-electron chi connectivity index (χ0n) is 17.7. The molecular weight excluding hydrogens is 400 g/mol. The van der Waals surface area contributed by atoms with Crippen molar-refractivity contribution in [3.8, 4) is 0 Å². The molecule has 0 radical (unpaired) electrons. The SMILES string of the molecule is CC(C)CSc1nc2ccccc2n1CCCn1c(=O)c2c(ncn2C)n(C)c1=O. The second kappa shape index (κ2) is 8.14. The number of benzene rings is 1. The van der Waals surface area contributed by atoms with Gasteiger partial charge in [0.05, 0.1) is 17.4 Å². The molecule has 0 saturated heterocycles. The first-order valence-corrected chi connectivity index (χ1v) is 11.1. The number of rotatable bonds is 7. The van der Waals surface area contributed by atoms with Crippen LogP contribution in [-0.4, -0.2) is 34.0 Å². The van der Waals surface area contributed by atoms with Crippen molar-refractivity contribution < 1.29 is 0 Å². The molecule has 0 amide bonds. The molecule has 0 bridgehead atoms. The van der Waals surface area contributed by atoms with Gasteiger partial charge < -0.3 is 9.13 Å². The predicted octanol–water partition coefficient (Wildman–Crippen LogP) is 2.62. The first-order chi connectivity index (χ1) is 14.4. The Bertz CT molecular complexity index is 1330. The molecule has 0 unspecified atom stereocenters. The summed E-state index contributed by atoms with van der Waals surface area (Å²) in [6.45, 7) is 5.40. The summed E-state index contributed by atoms with van der Waals surface area (Å²) in [5.41, 5.74) is 2.27. The number of fused-ring (bicyclic) bond motifs is 2. The van der Waals surface area contributed by atoms with Gasteiger partial charge in [0.15, 0.2) is 16.3 Å². The molecule has 0 N–H and O–H groups in total. The summed E-state index contributed by atoms with van der Waals surface area (Å²) in [6.07, 6.45) is 2.21. The number of hydrogen-bond donors (Lipinski definition) is 0. The minimum atomic E-state index is -0.337. The Balaban J connectivity index is 1.63. The number of aromatic nitrogens is 6. The van der Waals surface area contributed by atoms with Crippen LogP contribution >= 0.6 is 11.8 Å². The molecule has 9 heteroatoms. The Morgan fingerprint density at radius 2 is 1.80 bits per heavy atom. The number of thioether (sulfide) groups is 1. The normalized spacial score (nSPS) is 11.9. The zero-order chi connectivity index (χ0) is 21.4. The number of para-hydroxylation sites is 2. The van der Waals surface area contributed by atoms with Crippen LogP contribution < -0.4 is 11.2 Å². The first-order valence-electron chi connectivity index (χ1n) is 10.1. The highest BCUT2D eigenvalue weighted by Crippen LogP contribution is 2.25.